The van der Waals surface area contributed by atoms with Crippen molar-refractivity contribution in [2.75, 3.05) is 19.6 Å². The molecule has 4 nitrogen and oxygen atoms in total. The summed E-state index contributed by atoms with van der Waals surface area (Å²) in [5.74, 6) is 0.904. The number of rotatable bonds is 6. The van der Waals surface area contributed by atoms with E-state index < -0.39 is 0 Å². The van der Waals surface area contributed by atoms with Gasteiger partial charge in [0, 0.05) is 19.0 Å². The second-order valence-electron chi connectivity index (χ2n) is 7.64. The summed E-state index contributed by atoms with van der Waals surface area (Å²) in [4.78, 5) is 13.7. The molecule has 1 saturated carbocycles. The molecule has 0 spiro atoms. The first-order valence-electron chi connectivity index (χ1n) is 9.64. The van der Waals surface area contributed by atoms with Gasteiger partial charge in [-0.2, -0.15) is 0 Å². The maximum absolute atomic E-state index is 13.1. The number of likely N-dealkylation sites (tertiary alicyclic amines) is 1. The minimum Gasteiger partial charge on any atom is -0.489 e. The molecule has 2 fully saturated rings. The Kier molecular flexibility index (Phi) is 6.76. The van der Waals surface area contributed by atoms with Gasteiger partial charge in [-0.3, -0.25) is 4.79 Å². The number of hydrogen-bond donors (Lipinski definition) is 1. The number of nitrogens with two attached hydrogens (primary N) is 1. The van der Waals surface area contributed by atoms with E-state index in [1.807, 2.05) is 0 Å². The molecule has 3 rings (SSSR count). The highest BCUT2D eigenvalue weighted by molar-refractivity contribution is 6.32. The number of amides is 1. The summed E-state index contributed by atoms with van der Waals surface area (Å²) in [5, 5.41) is 0.332. The van der Waals surface area contributed by atoms with Gasteiger partial charge in [0.15, 0.2) is 0 Å². The van der Waals surface area contributed by atoms with Crippen LogP contribution in [0.3, 0.4) is 0 Å². The van der Waals surface area contributed by atoms with E-state index in [-0.39, 0.29) is 23.7 Å². The van der Waals surface area contributed by atoms with E-state index >= 15 is 0 Å². The highest BCUT2D eigenvalue weighted by Gasteiger charge is 2.26. The first-order valence-corrected chi connectivity index (χ1v) is 10.0. The van der Waals surface area contributed by atoms with Crippen molar-refractivity contribution in [3.05, 3.63) is 29.0 Å². The summed E-state index contributed by atoms with van der Waals surface area (Å²) < 4.78 is 19.1. The van der Waals surface area contributed by atoms with Crippen LogP contribution in [-0.4, -0.2) is 36.5 Å². The zero-order valence-electron chi connectivity index (χ0n) is 15.1. The maximum atomic E-state index is 13.1. The molecule has 144 valence electrons. The molecule has 6 heteroatoms. The van der Waals surface area contributed by atoms with E-state index in [4.69, 9.17) is 22.1 Å². The third-order valence-corrected chi connectivity index (χ3v) is 6.12. The van der Waals surface area contributed by atoms with Crippen molar-refractivity contribution < 1.29 is 13.9 Å². The van der Waals surface area contributed by atoms with Gasteiger partial charge in [0.25, 0.3) is 0 Å². The topological polar surface area (TPSA) is 55.6 Å². The lowest BCUT2D eigenvalue weighted by Gasteiger charge is -2.34. The normalized spacial score (nSPS) is 25.2. The number of benzene rings is 1. The van der Waals surface area contributed by atoms with Crippen molar-refractivity contribution in [3.63, 3.8) is 0 Å². The van der Waals surface area contributed by atoms with E-state index in [1.165, 1.54) is 18.6 Å². The molecule has 26 heavy (non-hydrogen) atoms. The smallest absolute Gasteiger partial charge is 0.220 e. The molecule has 0 aromatic heterocycles. The molecule has 0 radical (unpaired) electrons. The van der Waals surface area contributed by atoms with Crippen LogP contribution in [0, 0.1) is 17.7 Å². The molecule has 0 bridgehead atoms. The van der Waals surface area contributed by atoms with Gasteiger partial charge in [-0.1, -0.05) is 11.6 Å². The van der Waals surface area contributed by atoms with Crippen LogP contribution in [0.4, 0.5) is 4.39 Å². The number of nitrogens with zero attached hydrogens (tertiary/aromatic N) is 1. The van der Waals surface area contributed by atoms with Crippen LogP contribution in [0.15, 0.2) is 18.2 Å². The molecule has 0 atom stereocenters. The van der Waals surface area contributed by atoms with Crippen LogP contribution in [0.2, 0.25) is 5.02 Å². The number of primary amides is 1. The van der Waals surface area contributed by atoms with Crippen molar-refractivity contribution in [3.8, 4) is 5.75 Å². The summed E-state index contributed by atoms with van der Waals surface area (Å²) in [6.45, 7) is 3.14. The highest BCUT2D eigenvalue weighted by Crippen LogP contribution is 2.31. The van der Waals surface area contributed by atoms with E-state index in [0.29, 0.717) is 10.8 Å². The van der Waals surface area contributed by atoms with Gasteiger partial charge < -0.3 is 15.4 Å². The van der Waals surface area contributed by atoms with Gasteiger partial charge in [0.2, 0.25) is 5.91 Å². The van der Waals surface area contributed by atoms with Crippen molar-refractivity contribution >= 4 is 17.5 Å². The number of halogens is 2. The summed E-state index contributed by atoms with van der Waals surface area (Å²) >= 11 is 6.04. The molecule has 1 amide bonds. The van der Waals surface area contributed by atoms with Crippen LogP contribution < -0.4 is 10.5 Å². The van der Waals surface area contributed by atoms with Crippen molar-refractivity contribution in [1.82, 2.24) is 4.90 Å². The number of carbonyl (C=O) groups excluding carboxylic acids is 1. The standard InChI is InChI=1S/C20H28ClFN2O2/c21-18-13-16(22)5-6-19(18)26-17-8-11-24(12-9-17)10-7-14-1-3-15(4-2-14)20(23)25/h5-6,13-15,17H,1-4,7-12H2,(H2,23,25). The molecule has 1 aliphatic heterocycles. The fraction of sp³-hybridized carbons (Fsp3) is 0.650. The second-order valence-corrected chi connectivity index (χ2v) is 8.05. The average Bonchev–Trinajstić information content (AvgIpc) is 2.64. The van der Waals surface area contributed by atoms with Gasteiger partial charge in [0.05, 0.1) is 5.02 Å². The number of carbonyl (C=O) groups is 1. The second kappa shape index (κ2) is 9.05. The molecule has 1 saturated heterocycles. The van der Waals surface area contributed by atoms with Gasteiger partial charge in [-0.15, -0.1) is 0 Å². The number of hydrogen-bond acceptors (Lipinski definition) is 3. The van der Waals surface area contributed by atoms with E-state index in [9.17, 15) is 9.18 Å². The predicted molar refractivity (Wildman–Crippen MR) is 101 cm³/mol. The highest BCUT2D eigenvalue weighted by atomic mass is 35.5. The monoisotopic (exact) mass is 382 g/mol. The van der Waals surface area contributed by atoms with Crippen LogP contribution in [-0.2, 0) is 4.79 Å². The molecular formula is C20H28ClFN2O2. The fourth-order valence-corrected chi connectivity index (χ4v) is 4.31. The molecule has 1 aliphatic carbocycles. The minimum atomic E-state index is -0.345. The predicted octanol–water partition coefficient (Wildman–Crippen LogP) is 4.00. The minimum absolute atomic E-state index is 0.0948. The van der Waals surface area contributed by atoms with Crippen LogP contribution in [0.1, 0.15) is 44.9 Å². The molecule has 0 unspecified atom stereocenters. The third-order valence-electron chi connectivity index (χ3n) is 5.82. The van der Waals surface area contributed by atoms with Gasteiger partial charge in [-0.25, -0.2) is 4.39 Å². The third kappa shape index (κ3) is 5.34. The lowest BCUT2D eigenvalue weighted by molar-refractivity contribution is -0.123. The van der Waals surface area contributed by atoms with E-state index in [1.54, 1.807) is 6.07 Å². The summed E-state index contributed by atoms with van der Waals surface area (Å²) in [6.07, 6.45) is 7.40. The molecule has 2 N–H and O–H groups in total. The van der Waals surface area contributed by atoms with Crippen molar-refractivity contribution in [1.29, 1.82) is 0 Å². The van der Waals surface area contributed by atoms with Gasteiger partial charge in [0.1, 0.15) is 17.7 Å². The Morgan fingerprint density at radius 1 is 1.19 bits per heavy atom. The van der Waals surface area contributed by atoms with Crippen LogP contribution in [0.25, 0.3) is 0 Å². The van der Waals surface area contributed by atoms with Crippen LogP contribution in [0.5, 0.6) is 5.75 Å². The Morgan fingerprint density at radius 3 is 2.50 bits per heavy atom. The summed E-state index contributed by atoms with van der Waals surface area (Å²) in [6, 6.07) is 4.27. The molecule has 2 aliphatic rings. The lowest BCUT2D eigenvalue weighted by Crippen LogP contribution is -2.39. The SMILES string of the molecule is NC(=O)C1CCC(CCN2CCC(Oc3ccc(F)cc3Cl)CC2)CC1. The first kappa shape index (κ1) is 19.4. The Morgan fingerprint density at radius 2 is 1.88 bits per heavy atom. The van der Waals surface area contributed by atoms with Crippen molar-refractivity contribution in [2.45, 2.75) is 51.0 Å². The van der Waals surface area contributed by atoms with Crippen LogP contribution >= 0.6 is 11.6 Å². The number of ether oxygens (including phenoxy) is 1. The summed E-state index contributed by atoms with van der Waals surface area (Å²) in [5.41, 5.74) is 5.40. The van der Waals surface area contributed by atoms with E-state index in [0.717, 1.165) is 64.1 Å². The Labute approximate surface area is 159 Å². The Hall–Kier alpha value is -1.33. The largest absolute Gasteiger partial charge is 0.489 e. The quantitative estimate of drug-likeness (QED) is 0.808. The molecule has 1 aromatic carbocycles. The van der Waals surface area contributed by atoms with Gasteiger partial charge in [-0.05, 0) is 75.6 Å². The van der Waals surface area contributed by atoms with Crippen molar-refractivity contribution in [2.24, 2.45) is 17.6 Å². The Balaban J connectivity index is 1.36. The fourth-order valence-electron chi connectivity index (χ4n) is 4.10. The number of piperidine rings is 1. The zero-order valence-corrected chi connectivity index (χ0v) is 15.9. The summed E-state index contributed by atoms with van der Waals surface area (Å²) in [7, 11) is 0. The average molecular weight is 383 g/mol. The maximum Gasteiger partial charge on any atom is 0.220 e. The molecule has 1 aromatic rings. The lowest BCUT2D eigenvalue weighted by atomic mass is 9.80. The van der Waals surface area contributed by atoms with Gasteiger partial charge >= 0.3 is 0 Å². The molecule has 1 heterocycles. The molecular weight excluding hydrogens is 355 g/mol. The first-order chi connectivity index (χ1) is 12.5. The Bertz CT molecular complexity index is 612. The zero-order chi connectivity index (χ0) is 18.5. The van der Waals surface area contributed by atoms with E-state index in [2.05, 4.69) is 4.90 Å².